The van der Waals surface area contributed by atoms with Crippen LogP contribution < -0.4 is 21.1 Å². The van der Waals surface area contributed by atoms with E-state index in [9.17, 15) is 26.4 Å². The summed E-state index contributed by atoms with van der Waals surface area (Å²) < 4.78 is 61.5. The molecule has 0 saturated carbocycles. The number of benzene rings is 1. The maximum absolute atomic E-state index is 13.2. The second kappa shape index (κ2) is 7.83. The number of amides is 1. The van der Waals surface area contributed by atoms with Gasteiger partial charge in [-0.3, -0.25) is 4.79 Å². The number of alkyl halides is 3. The molecular formula is C16H17F3N6O3S. The van der Waals surface area contributed by atoms with E-state index in [0.29, 0.717) is 17.6 Å². The van der Waals surface area contributed by atoms with E-state index < -0.39 is 27.6 Å². The molecule has 0 unspecified atom stereocenters. The quantitative estimate of drug-likeness (QED) is 0.492. The number of sulfonamides is 1. The van der Waals surface area contributed by atoms with Gasteiger partial charge in [-0.1, -0.05) is 0 Å². The number of hydrogen-bond donors (Lipinski definition) is 4. The first kappa shape index (κ1) is 20.8. The summed E-state index contributed by atoms with van der Waals surface area (Å²) in [7, 11) is -3.71. The summed E-state index contributed by atoms with van der Waals surface area (Å²) in [6.07, 6.45) is -3.85. The van der Waals surface area contributed by atoms with Crippen LogP contribution in [0, 0.1) is 0 Å². The standard InChI is InChI=1S/C16H17F3N6O3S/c17-16(18,19)11-8-22-15(25-14(11)21-4-1-5-29(20,27)28)23-10-2-3-12-9(6-10)7-13(26)24-12/h2-3,6,8H,1,4-5,7H2,(H,24,26)(H2,20,27,28)(H2,21,22,23,25). The molecule has 9 nitrogen and oxygen atoms in total. The minimum atomic E-state index is -4.69. The summed E-state index contributed by atoms with van der Waals surface area (Å²) in [6, 6.07) is 4.97. The Morgan fingerprint density at radius 2 is 2.03 bits per heavy atom. The van der Waals surface area contributed by atoms with Crippen LogP contribution >= 0.6 is 0 Å². The van der Waals surface area contributed by atoms with Gasteiger partial charge in [0.25, 0.3) is 0 Å². The number of aromatic nitrogens is 2. The molecule has 29 heavy (non-hydrogen) atoms. The largest absolute Gasteiger partial charge is 0.421 e. The zero-order valence-corrected chi connectivity index (χ0v) is 15.7. The number of fused-ring (bicyclic) bond motifs is 1. The fourth-order valence-corrected chi connectivity index (χ4v) is 3.25. The number of nitrogens with zero attached hydrogens (tertiary/aromatic N) is 2. The highest BCUT2D eigenvalue weighted by molar-refractivity contribution is 7.89. The zero-order valence-electron chi connectivity index (χ0n) is 14.9. The Balaban J connectivity index is 1.77. The first-order chi connectivity index (χ1) is 13.5. The van der Waals surface area contributed by atoms with Gasteiger partial charge in [0.15, 0.2) is 0 Å². The summed E-state index contributed by atoms with van der Waals surface area (Å²) in [5.41, 5.74) is 0.835. The SMILES string of the molecule is NS(=O)(=O)CCCNc1nc(Nc2ccc3c(c2)CC(=O)N3)ncc1C(F)(F)F. The number of hydrogen-bond acceptors (Lipinski definition) is 7. The van der Waals surface area contributed by atoms with E-state index in [0.717, 1.165) is 5.56 Å². The molecule has 0 bridgehead atoms. The fraction of sp³-hybridized carbons (Fsp3) is 0.312. The van der Waals surface area contributed by atoms with Gasteiger partial charge < -0.3 is 16.0 Å². The van der Waals surface area contributed by atoms with E-state index in [1.807, 2.05) is 0 Å². The van der Waals surface area contributed by atoms with Gasteiger partial charge in [0.05, 0.1) is 12.2 Å². The van der Waals surface area contributed by atoms with E-state index >= 15 is 0 Å². The number of carbonyl (C=O) groups is 1. The molecule has 156 valence electrons. The minimum Gasteiger partial charge on any atom is -0.369 e. The lowest BCUT2D eigenvalue weighted by Crippen LogP contribution is -2.20. The van der Waals surface area contributed by atoms with Crippen molar-refractivity contribution in [3.8, 4) is 0 Å². The van der Waals surface area contributed by atoms with Crippen LogP contribution in [0.4, 0.5) is 36.3 Å². The first-order valence-corrected chi connectivity index (χ1v) is 10.1. The lowest BCUT2D eigenvalue weighted by Gasteiger charge is -2.15. The summed E-state index contributed by atoms with van der Waals surface area (Å²) in [4.78, 5) is 19.0. The monoisotopic (exact) mass is 430 g/mol. The Hall–Kier alpha value is -2.93. The molecule has 1 aromatic heterocycles. The molecule has 1 aliphatic heterocycles. The van der Waals surface area contributed by atoms with Gasteiger partial charge in [0, 0.05) is 24.1 Å². The molecule has 1 aromatic carbocycles. The van der Waals surface area contributed by atoms with Crippen LogP contribution in [0.3, 0.4) is 0 Å². The number of anilines is 4. The van der Waals surface area contributed by atoms with E-state index in [4.69, 9.17) is 5.14 Å². The predicted molar refractivity (Wildman–Crippen MR) is 100 cm³/mol. The highest BCUT2D eigenvalue weighted by Gasteiger charge is 2.35. The first-order valence-electron chi connectivity index (χ1n) is 8.40. The second-order valence-electron chi connectivity index (χ2n) is 6.32. The molecule has 0 fully saturated rings. The van der Waals surface area contributed by atoms with Crippen LogP contribution in [-0.4, -0.2) is 36.6 Å². The molecule has 0 radical (unpaired) electrons. The number of halogens is 3. The Bertz CT molecular complexity index is 1040. The van der Waals surface area contributed by atoms with Crippen LogP contribution in [-0.2, 0) is 27.4 Å². The average molecular weight is 430 g/mol. The predicted octanol–water partition coefficient (Wildman–Crippen LogP) is 1.82. The molecule has 0 saturated heterocycles. The summed E-state index contributed by atoms with van der Waals surface area (Å²) in [6.45, 7) is -0.0808. The van der Waals surface area contributed by atoms with Crippen molar-refractivity contribution < 1.29 is 26.4 Å². The Morgan fingerprint density at radius 3 is 2.72 bits per heavy atom. The molecule has 2 aromatic rings. The average Bonchev–Trinajstić information content (AvgIpc) is 2.96. The lowest BCUT2D eigenvalue weighted by atomic mass is 10.1. The molecule has 0 aliphatic carbocycles. The number of nitrogens with two attached hydrogens (primary N) is 1. The molecule has 13 heteroatoms. The van der Waals surface area contributed by atoms with Crippen molar-refractivity contribution in [2.75, 3.05) is 28.2 Å². The molecular weight excluding hydrogens is 413 g/mol. The zero-order chi connectivity index (χ0) is 21.2. The number of nitrogens with one attached hydrogen (secondary N) is 3. The summed E-state index contributed by atoms with van der Waals surface area (Å²) in [5.74, 6) is -1.10. The summed E-state index contributed by atoms with van der Waals surface area (Å²) >= 11 is 0. The molecule has 0 atom stereocenters. The van der Waals surface area contributed by atoms with Crippen LogP contribution in [0.15, 0.2) is 24.4 Å². The van der Waals surface area contributed by atoms with Crippen molar-refractivity contribution >= 4 is 39.1 Å². The molecule has 2 heterocycles. The third kappa shape index (κ3) is 5.54. The Labute approximate surface area is 164 Å². The van der Waals surface area contributed by atoms with Gasteiger partial charge in [-0.25, -0.2) is 18.5 Å². The maximum atomic E-state index is 13.2. The highest BCUT2D eigenvalue weighted by Crippen LogP contribution is 2.34. The normalized spacial score (nSPS) is 13.7. The van der Waals surface area contributed by atoms with Crippen LogP contribution in [0.5, 0.6) is 0 Å². The molecule has 3 rings (SSSR count). The topological polar surface area (TPSA) is 139 Å². The van der Waals surface area contributed by atoms with Gasteiger partial charge in [-0.2, -0.15) is 18.2 Å². The number of primary sulfonamides is 1. The van der Waals surface area contributed by atoms with E-state index in [1.165, 1.54) is 0 Å². The molecule has 1 amide bonds. The van der Waals surface area contributed by atoms with Gasteiger partial charge in [-0.15, -0.1) is 0 Å². The Morgan fingerprint density at radius 1 is 1.28 bits per heavy atom. The minimum absolute atomic E-state index is 0.00868. The molecule has 5 N–H and O–H groups in total. The smallest absolute Gasteiger partial charge is 0.369 e. The van der Waals surface area contributed by atoms with Gasteiger partial charge in [0.1, 0.15) is 11.4 Å². The van der Waals surface area contributed by atoms with Crippen LogP contribution in [0.25, 0.3) is 0 Å². The molecule has 1 aliphatic rings. The van der Waals surface area contributed by atoms with Gasteiger partial charge in [0.2, 0.25) is 21.9 Å². The Kier molecular flexibility index (Phi) is 5.61. The third-order valence-corrected chi connectivity index (χ3v) is 4.84. The fourth-order valence-electron chi connectivity index (χ4n) is 2.70. The van der Waals surface area contributed by atoms with E-state index in [1.54, 1.807) is 18.2 Å². The number of carbonyl (C=O) groups excluding carboxylic acids is 1. The van der Waals surface area contributed by atoms with Crippen LogP contribution in [0.1, 0.15) is 17.5 Å². The summed E-state index contributed by atoms with van der Waals surface area (Å²) in [5, 5.41) is 12.8. The van der Waals surface area contributed by atoms with Gasteiger partial charge >= 0.3 is 6.18 Å². The van der Waals surface area contributed by atoms with Crippen molar-refractivity contribution in [2.24, 2.45) is 5.14 Å². The third-order valence-electron chi connectivity index (χ3n) is 3.98. The van der Waals surface area contributed by atoms with Gasteiger partial charge in [-0.05, 0) is 30.2 Å². The van der Waals surface area contributed by atoms with Crippen molar-refractivity contribution in [3.05, 3.63) is 35.5 Å². The van der Waals surface area contributed by atoms with E-state index in [2.05, 4.69) is 25.9 Å². The lowest BCUT2D eigenvalue weighted by molar-refractivity contribution is -0.137. The second-order valence-corrected chi connectivity index (χ2v) is 8.06. The van der Waals surface area contributed by atoms with Crippen molar-refractivity contribution in [3.63, 3.8) is 0 Å². The van der Waals surface area contributed by atoms with Crippen molar-refractivity contribution in [2.45, 2.75) is 19.0 Å². The highest BCUT2D eigenvalue weighted by atomic mass is 32.2. The maximum Gasteiger partial charge on any atom is 0.421 e. The van der Waals surface area contributed by atoms with Crippen molar-refractivity contribution in [1.82, 2.24) is 9.97 Å². The van der Waals surface area contributed by atoms with E-state index in [-0.39, 0.29) is 37.0 Å². The number of rotatable bonds is 7. The van der Waals surface area contributed by atoms with Crippen molar-refractivity contribution in [1.29, 1.82) is 0 Å². The van der Waals surface area contributed by atoms with Crippen LogP contribution in [0.2, 0.25) is 0 Å². The molecule has 0 spiro atoms.